The third-order valence-electron chi connectivity index (χ3n) is 2.99. The minimum Gasteiger partial charge on any atom is -0.368 e. The Morgan fingerprint density at radius 2 is 2.06 bits per heavy atom. The van der Waals surface area contributed by atoms with Gasteiger partial charge in [-0.2, -0.15) is 4.98 Å². The fourth-order valence-electron chi connectivity index (χ4n) is 1.63. The molecular weight excluding hydrogens is 218 g/mol. The summed E-state index contributed by atoms with van der Waals surface area (Å²) in [4.78, 5) is 4.39. The van der Waals surface area contributed by atoms with Crippen LogP contribution in [-0.4, -0.2) is 22.8 Å². The lowest BCUT2D eigenvalue weighted by molar-refractivity contribution is -0.0221. The number of hydrogen-bond acceptors (Lipinski definition) is 5. The van der Waals surface area contributed by atoms with Gasteiger partial charge in [-0.3, -0.25) is 0 Å². The van der Waals surface area contributed by atoms with Crippen molar-refractivity contribution in [3.05, 3.63) is 11.7 Å². The van der Waals surface area contributed by atoms with Gasteiger partial charge in [-0.25, -0.2) is 0 Å². The van der Waals surface area contributed by atoms with E-state index in [1.165, 1.54) is 0 Å². The van der Waals surface area contributed by atoms with Gasteiger partial charge < -0.3 is 15.0 Å². The summed E-state index contributed by atoms with van der Waals surface area (Å²) in [6.07, 6.45) is 0.883. The molecule has 98 valence electrons. The van der Waals surface area contributed by atoms with Gasteiger partial charge in [0.15, 0.2) is 0 Å². The van der Waals surface area contributed by atoms with Gasteiger partial charge in [0, 0.05) is 12.6 Å². The standard InChI is InChI=1S/C12H23N3O2/c1-6-9(13)8(3)10-14-11(15-17-10)12(4,5)16-7-2/h8-9H,6-7,13H2,1-5H3. The van der Waals surface area contributed by atoms with Crippen LogP contribution in [0.4, 0.5) is 0 Å². The molecule has 5 heteroatoms. The summed E-state index contributed by atoms with van der Waals surface area (Å²) in [6.45, 7) is 10.5. The monoisotopic (exact) mass is 241 g/mol. The SMILES string of the molecule is CCOC(C)(C)c1noc(C(C)C(N)CC)n1. The van der Waals surface area contributed by atoms with Crippen LogP contribution >= 0.6 is 0 Å². The van der Waals surface area contributed by atoms with Crippen molar-refractivity contribution in [1.29, 1.82) is 0 Å². The second-order valence-corrected chi connectivity index (χ2v) is 4.76. The van der Waals surface area contributed by atoms with Crippen molar-refractivity contribution in [2.75, 3.05) is 6.61 Å². The van der Waals surface area contributed by atoms with E-state index in [9.17, 15) is 0 Å². The fourth-order valence-corrected chi connectivity index (χ4v) is 1.63. The molecule has 2 atom stereocenters. The van der Waals surface area contributed by atoms with E-state index in [2.05, 4.69) is 10.1 Å². The molecule has 0 bridgehead atoms. The third kappa shape index (κ3) is 3.26. The number of hydrogen-bond donors (Lipinski definition) is 1. The maximum absolute atomic E-state index is 5.97. The summed E-state index contributed by atoms with van der Waals surface area (Å²) in [6, 6.07) is 0.0403. The number of aromatic nitrogens is 2. The van der Waals surface area contributed by atoms with E-state index < -0.39 is 5.60 Å². The molecule has 1 rings (SSSR count). The zero-order valence-corrected chi connectivity index (χ0v) is 11.4. The van der Waals surface area contributed by atoms with Gasteiger partial charge in [-0.1, -0.05) is 19.0 Å². The predicted molar refractivity (Wildman–Crippen MR) is 65.6 cm³/mol. The summed E-state index contributed by atoms with van der Waals surface area (Å²) in [5, 5.41) is 3.98. The van der Waals surface area contributed by atoms with Gasteiger partial charge in [0.25, 0.3) is 0 Å². The van der Waals surface area contributed by atoms with E-state index in [1.807, 2.05) is 34.6 Å². The molecule has 0 aliphatic carbocycles. The number of ether oxygens (including phenoxy) is 1. The van der Waals surface area contributed by atoms with Crippen molar-refractivity contribution in [2.45, 2.75) is 58.6 Å². The number of nitrogens with zero attached hydrogens (tertiary/aromatic N) is 2. The molecule has 0 saturated carbocycles. The van der Waals surface area contributed by atoms with Crippen LogP contribution in [0.3, 0.4) is 0 Å². The van der Waals surface area contributed by atoms with Gasteiger partial charge >= 0.3 is 0 Å². The summed E-state index contributed by atoms with van der Waals surface area (Å²) < 4.78 is 10.8. The van der Waals surface area contributed by atoms with E-state index in [0.717, 1.165) is 6.42 Å². The van der Waals surface area contributed by atoms with Crippen molar-refractivity contribution >= 4 is 0 Å². The summed E-state index contributed by atoms with van der Waals surface area (Å²) in [5.41, 5.74) is 5.45. The molecule has 0 saturated heterocycles. The molecular formula is C12H23N3O2. The minimum atomic E-state index is -0.521. The quantitative estimate of drug-likeness (QED) is 0.826. The molecule has 0 radical (unpaired) electrons. The minimum absolute atomic E-state index is 0.0403. The lowest BCUT2D eigenvalue weighted by atomic mass is 10.0. The lowest BCUT2D eigenvalue weighted by Gasteiger charge is -2.20. The molecule has 0 aliphatic heterocycles. The normalized spacial score (nSPS) is 15.9. The first-order valence-electron chi connectivity index (χ1n) is 6.16. The smallest absolute Gasteiger partial charge is 0.231 e. The predicted octanol–water partition coefficient (Wildman–Crippen LogP) is 2.18. The molecule has 0 fully saturated rings. The van der Waals surface area contributed by atoms with Crippen molar-refractivity contribution in [2.24, 2.45) is 5.73 Å². The summed E-state index contributed by atoms with van der Waals surface area (Å²) in [7, 11) is 0. The first kappa shape index (κ1) is 14.1. The van der Waals surface area contributed by atoms with Gasteiger partial charge in [0.1, 0.15) is 5.60 Å². The summed E-state index contributed by atoms with van der Waals surface area (Å²) in [5.74, 6) is 1.23. The van der Waals surface area contributed by atoms with Gasteiger partial charge in [0.2, 0.25) is 11.7 Å². The fraction of sp³-hybridized carbons (Fsp3) is 0.833. The molecule has 5 nitrogen and oxygen atoms in total. The molecule has 1 aromatic heterocycles. The molecule has 1 aromatic rings. The summed E-state index contributed by atoms with van der Waals surface area (Å²) >= 11 is 0. The topological polar surface area (TPSA) is 74.2 Å². The average molecular weight is 241 g/mol. The Labute approximate surface area is 103 Å². The zero-order chi connectivity index (χ0) is 13.1. The van der Waals surface area contributed by atoms with Crippen molar-refractivity contribution in [1.82, 2.24) is 10.1 Å². The highest BCUT2D eigenvalue weighted by Gasteiger charge is 2.29. The van der Waals surface area contributed by atoms with Crippen LogP contribution in [0.15, 0.2) is 4.52 Å². The van der Waals surface area contributed by atoms with E-state index in [1.54, 1.807) is 0 Å². The van der Waals surface area contributed by atoms with Crippen LogP contribution in [0.1, 0.15) is 58.7 Å². The van der Waals surface area contributed by atoms with Crippen LogP contribution in [0, 0.1) is 0 Å². The maximum atomic E-state index is 5.97. The second-order valence-electron chi connectivity index (χ2n) is 4.76. The molecule has 2 unspecified atom stereocenters. The largest absolute Gasteiger partial charge is 0.368 e. The number of nitrogens with two attached hydrogens (primary N) is 1. The molecule has 0 aliphatic rings. The van der Waals surface area contributed by atoms with Crippen LogP contribution in [0.5, 0.6) is 0 Å². The molecule has 1 heterocycles. The van der Waals surface area contributed by atoms with Gasteiger partial charge in [0.05, 0.1) is 5.92 Å². The van der Waals surface area contributed by atoms with Gasteiger partial charge in [-0.15, -0.1) is 0 Å². The van der Waals surface area contributed by atoms with E-state index in [4.69, 9.17) is 15.0 Å². The highest BCUT2D eigenvalue weighted by atomic mass is 16.5. The molecule has 2 N–H and O–H groups in total. The van der Waals surface area contributed by atoms with Crippen molar-refractivity contribution in [3.63, 3.8) is 0 Å². The first-order chi connectivity index (χ1) is 7.92. The maximum Gasteiger partial charge on any atom is 0.231 e. The van der Waals surface area contributed by atoms with E-state index >= 15 is 0 Å². The van der Waals surface area contributed by atoms with E-state index in [0.29, 0.717) is 18.3 Å². The molecule has 0 amide bonds. The van der Waals surface area contributed by atoms with Crippen LogP contribution in [-0.2, 0) is 10.3 Å². The Hall–Kier alpha value is -0.940. The Kier molecular flexibility index (Phi) is 4.65. The highest BCUT2D eigenvalue weighted by molar-refractivity contribution is 5.01. The molecule has 0 spiro atoms. The highest BCUT2D eigenvalue weighted by Crippen LogP contribution is 2.25. The number of rotatable bonds is 6. The van der Waals surface area contributed by atoms with Crippen molar-refractivity contribution in [3.8, 4) is 0 Å². The zero-order valence-electron chi connectivity index (χ0n) is 11.4. The Morgan fingerprint density at radius 3 is 2.59 bits per heavy atom. The van der Waals surface area contributed by atoms with Crippen molar-refractivity contribution < 1.29 is 9.26 Å². The third-order valence-corrected chi connectivity index (χ3v) is 2.99. The van der Waals surface area contributed by atoms with Crippen LogP contribution in [0.25, 0.3) is 0 Å². The molecule has 0 aromatic carbocycles. The Morgan fingerprint density at radius 1 is 1.41 bits per heavy atom. The van der Waals surface area contributed by atoms with Crippen LogP contribution < -0.4 is 5.73 Å². The lowest BCUT2D eigenvalue weighted by Crippen LogP contribution is -2.26. The van der Waals surface area contributed by atoms with Gasteiger partial charge in [-0.05, 0) is 27.2 Å². The Balaban J connectivity index is 2.84. The average Bonchev–Trinajstić information content (AvgIpc) is 2.76. The van der Waals surface area contributed by atoms with Crippen LogP contribution in [0.2, 0.25) is 0 Å². The second kappa shape index (κ2) is 5.60. The first-order valence-corrected chi connectivity index (χ1v) is 6.16. The molecule has 17 heavy (non-hydrogen) atoms. The van der Waals surface area contributed by atoms with E-state index in [-0.39, 0.29) is 12.0 Å². The Bertz CT molecular complexity index is 349.